The van der Waals surface area contributed by atoms with E-state index in [1.165, 1.54) is 25.7 Å². The zero-order valence-corrected chi connectivity index (χ0v) is 37.5. The molecule has 0 aromatic heterocycles. The van der Waals surface area contributed by atoms with Gasteiger partial charge in [0.25, 0.3) is 0 Å². The second kappa shape index (κ2) is 40.3. The van der Waals surface area contributed by atoms with Crippen molar-refractivity contribution in [3.05, 3.63) is 85.1 Å². The van der Waals surface area contributed by atoms with Gasteiger partial charge in [-0.2, -0.15) is 0 Å². The lowest BCUT2D eigenvalue weighted by atomic mass is 10.1. The van der Waals surface area contributed by atoms with E-state index in [1.54, 1.807) is 0 Å². The molecule has 2 atom stereocenters. The Morgan fingerprint density at radius 2 is 0.966 bits per heavy atom. The molecular weight excluding hydrogens is 727 g/mol. The first-order chi connectivity index (χ1) is 28.1. The molecule has 0 aromatic rings. The fourth-order valence-corrected chi connectivity index (χ4v) is 6.02. The van der Waals surface area contributed by atoms with Crippen LogP contribution in [0.2, 0.25) is 0 Å². The van der Waals surface area contributed by atoms with Gasteiger partial charge in [0, 0.05) is 19.3 Å². The summed E-state index contributed by atoms with van der Waals surface area (Å²) in [5, 5.41) is 9.62. The van der Waals surface area contributed by atoms with Crippen LogP contribution < -0.4 is 0 Å². The topological polar surface area (TPSA) is 99.1 Å². The summed E-state index contributed by atoms with van der Waals surface area (Å²) in [4.78, 5) is 36.9. The van der Waals surface area contributed by atoms with E-state index < -0.39 is 18.1 Å². The SMILES string of the molecule is CC/C=C/C/C=C/C/C=C/C/C=C/C/C=C/C/C=C/CCCCCCC(=O)OC(COCCC(C(=O)O)[N+](C)(C)C)COC(=O)CCCCCCC/C=C/CCCC. The molecule has 0 radical (unpaired) electrons. The van der Waals surface area contributed by atoms with E-state index in [9.17, 15) is 19.5 Å². The summed E-state index contributed by atoms with van der Waals surface area (Å²) in [6, 6.07) is -0.625. The Balaban J connectivity index is 4.37. The Bertz CT molecular complexity index is 1220. The number of carboxylic acid groups (broad SMARTS) is 1. The number of unbranched alkanes of at least 4 members (excludes halogenated alkanes) is 11. The van der Waals surface area contributed by atoms with E-state index in [-0.39, 0.29) is 36.2 Å². The van der Waals surface area contributed by atoms with Gasteiger partial charge in [0.05, 0.1) is 34.4 Å². The van der Waals surface area contributed by atoms with Gasteiger partial charge in [-0.05, 0) is 83.5 Å². The molecular formula is C50H84NO7+. The molecule has 0 amide bonds. The minimum absolute atomic E-state index is 0.0430. The molecule has 0 aliphatic rings. The number of nitrogens with zero attached hydrogens (tertiary/aromatic N) is 1. The maximum Gasteiger partial charge on any atom is 0.362 e. The number of hydrogen-bond acceptors (Lipinski definition) is 6. The number of quaternary nitrogens is 1. The number of aliphatic carboxylic acids is 1. The van der Waals surface area contributed by atoms with Gasteiger partial charge in [-0.1, -0.05) is 144 Å². The lowest BCUT2D eigenvalue weighted by Crippen LogP contribution is -2.50. The summed E-state index contributed by atoms with van der Waals surface area (Å²) < 4.78 is 17.2. The summed E-state index contributed by atoms with van der Waals surface area (Å²) in [5.74, 6) is -1.52. The highest BCUT2D eigenvalue weighted by atomic mass is 16.6. The van der Waals surface area contributed by atoms with E-state index in [2.05, 4.69) is 98.9 Å². The van der Waals surface area contributed by atoms with Gasteiger partial charge in [-0.25, -0.2) is 4.79 Å². The van der Waals surface area contributed by atoms with Crippen molar-refractivity contribution in [2.24, 2.45) is 0 Å². The van der Waals surface area contributed by atoms with Crippen LogP contribution in [0.5, 0.6) is 0 Å². The second-order valence-corrected chi connectivity index (χ2v) is 15.9. The zero-order valence-electron chi connectivity index (χ0n) is 37.5. The first-order valence-electron chi connectivity index (χ1n) is 22.6. The summed E-state index contributed by atoms with van der Waals surface area (Å²) in [7, 11) is 5.50. The standard InChI is InChI=1S/C50H83NO7/c1-6-8-10-12-14-16-18-19-20-21-22-23-24-25-26-27-28-29-31-33-35-37-39-41-49(53)58-46(44-56-43-42-47(50(54)55)51(3,4)5)45-57-48(52)40-38-36-34-32-30-17-15-13-11-9-7-2/h8,10,13-16,19-20,22-23,25-26,28-29,46-47H,6-7,9,11-12,17-18,21,24,27,30-45H2,1-5H3/p+1/b10-8+,15-13+,16-14+,20-19+,23-22+,26-25+,29-28+. The molecule has 58 heavy (non-hydrogen) atoms. The third-order valence-electron chi connectivity index (χ3n) is 9.53. The van der Waals surface area contributed by atoms with Crippen molar-refractivity contribution in [3.63, 3.8) is 0 Å². The Kier molecular flexibility index (Phi) is 37.9. The molecule has 330 valence electrons. The third-order valence-corrected chi connectivity index (χ3v) is 9.53. The van der Waals surface area contributed by atoms with Gasteiger partial charge in [0.15, 0.2) is 12.1 Å². The van der Waals surface area contributed by atoms with Gasteiger partial charge >= 0.3 is 17.9 Å². The smallest absolute Gasteiger partial charge is 0.362 e. The van der Waals surface area contributed by atoms with Crippen LogP contribution in [0, 0.1) is 0 Å². The molecule has 0 aliphatic heterocycles. The average Bonchev–Trinajstić information content (AvgIpc) is 3.18. The fraction of sp³-hybridized carbons (Fsp3) is 0.660. The quantitative estimate of drug-likeness (QED) is 0.0286. The van der Waals surface area contributed by atoms with Crippen molar-refractivity contribution in [2.45, 2.75) is 174 Å². The number of carbonyl (C=O) groups is 3. The van der Waals surface area contributed by atoms with E-state index in [0.29, 0.717) is 19.3 Å². The van der Waals surface area contributed by atoms with Crippen molar-refractivity contribution in [3.8, 4) is 0 Å². The van der Waals surface area contributed by atoms with Crippen molar-refractivity contribution >= 4 is 17.9 Å². The largest absolute Gasteiger partial charge is 0.477 e. The Hall–Kier alpha value is -3.49. The Morgan fingerprint density at radius 3 is 1.45 bits per heavy atom. The van der Waals surface area contributed by atoms with Gasteiger partial charge in [0.1, 0.15) is 6.61 Å². The highest BCUT2D eigenvalue weighted by Gasteiger charge is 2.31. The summed E-state index contributed by atoms with van der Waals surface area (Å²) >= 11 is 0. The number of likely N-dealkylation sites (N-methyl/N-ethyl adjacent to an activating group) is 1. The second-order valence-electron chi connectivity index (χ2n) is 15.9. The number of rotatable bonds is 39. The fourth-order valence-electron chi connectivity index (χ4n) is 6.02. The van der Waals surface area contributed by atoms with Gasteiger partial charge < -0.3 is 23.8 Å². The molecule has 1 N–H and O–H groups in total. The monoisotopic (exact) mass is 811 g/mol. The highest BCUT2D eigenvalue weighted by Crippen LogP contribution is 2.12. The minimum atomic E-state index is -0.885. The molecule has 0 heterocycles. The van der Waals surface area contributed by atoms with Crippen LogP contribution in [0.1, 0.15) is 162 Å². The number of allylic oxidation sites excluding steroid dienone is 14. The summed E-state index contributed by atoms with van der Waals surface area (Å²) in [6.07, 6.45) is 52.0. The van der Waals surface area contributed by atoms with Crippen molar-refractivity contribution in [1.29, 1.82) is 0 Å². The number of esters is 2. The average molecular weight is 811 g/mol. The minimum Gasteiger partial charge on any atom is -0.477 e. The molecule has 0 saturated heterocycles. The van der Waals surface area contributed by atoms with Crippen molar-refractivity contribution < 1.29 is 38.2 Å². The lowest BCUT2D eigenvalue weighted by Gasteiger charge is -2.31. The molecule has 8 nitrogen and oxygen atoms in total. The third kappa shape index (κ3) is 38.1. The van der Waals surface area contributed by atoms with Gasteiger partial charge in [0.2, 0.25) is 0 Å². The number of hydrogen-bond donors (Lipinski definition) is 1. The molecule has 0 aromatic carbocycles. The molecule has 0 saturated carbocycles. The van der Waals surface area contributed by atoms with E-state index >= 15 is 0 Å². The van der Waals surface area contributed by atoms with Gasteiger partial charge in [-0.3, -0.25) is 9.59 Å². The van der Waals surface area contributed by atoms with Crippen molar-refractivity contribution in [2.75, 3.05) is 41.0 Å². The molecule has 0 spiro atoms. The molecule has 0 bridgehead atoms. The zero-order chi connectivity index (χ0) is 42.8. The van der Waals surface area contributed by atoms with E-state index in [1.807, 2.05) is 21.1 Å². The number of ether oxygens (including phenoxy) is 3. The van der Waals surface area contributed by atoms with Crippen LogP contribution in [0.25, 0.3) is 0 Å². The molecule has 0 fully saturated rings. The van der Waals surface area contributed by atoms with Crippen LogP contribution in [0.15, 0.2) is 85.1 Å². The van der Waals surface area contributed by atoms with Crippen LogP contribution in [0.4, 0.5) is 0 Å². The maximum atomic E-state index is 12.7. The van der Waals surface area contributed by atoms with E-state index in [0.717, 1.165) is 103 Å². The van der Waals surface area contributed by atoms with Crippen molar-refractivity contribution in [1.82, 2.24) is 0 Å². The normalized spacial score (nSPS) is 13.7. The predicted octanol–water partition coefficient (Wildman–Crippen LogP) is 12.5. The van der Waals surface area contributed by atoms with Gasteiger partial charge in [-0.15, -0.1) is 0 Å². The first-order valence-corrected chi connectivity index (χ1v) is 22.6. The van der Waals surface area contributed by atoms with Crippen LogP contribution in [-0.4, -0.2) is 80.6 Å². The molecule has 8 heteroatoms. The first kappa shape index (κ1) is 54.5. The predicted molar refractivity (Wildman–Crippen MR) is 243 cm³/mol. The maximum absolute atomic E-state index is 12.7. The van der Waals surface area contributed by atoms with Crippen LogP contribution in [0.3, 0.4) is 0 Å². The van der Waals surface area contributed by atoms with E-state index in [4.69, 9.17) is 14.2 Å². The lowest BCUT2D eigenvalue weighted by molar-refractivity contribution is -0.887. The van der Waals surface area contributed by atoms with Crippen LogP contribution in [-0.2, 0) is 28.6 Å². The summed E-state index contributed by atoms with van der Waals surface area (Å²) in [6.45, 7) is 4.53. The van der Waals surface area contributed by atoms with Crippen LogP contribution >= 0.6 is 0 Å². The molecule has 0 aliphatic carbocycles. The highest BCUT2D eigenvalue weighted by molar-refractivity contribution is 5.72. The number of carboxylic acids is 1. The molecule has 0 rings (SSSR count). The Labute approximate surface area is 354 Å². The number of carbonyl (C=O) groups excluding carboxylic acids is 2. The Morgan fingerprint density at radius 1 is 0.534 bits per heavy atom. The summed E-state index contributed by atoms with van der Waals surface area (Å²) in [5.41, 5.74) is 0. The molecule has 2 unspecified atom stereocenters.